The number of nitrogens with zero attached hydrogens (tertiary/aromatic N) is 2. The van der Waals surface area contributed by atoms with Gasteiger partial charge >= 0.3 is 0 Å². The Kier molecular flexibility index (Phi) is 4.10. The second-order valence-corrected chi connectivity index (χ2v) is 6.27. The lowest BCUT2D eigenvalue weighted by atomic mass is 10.1. The Morgan fingerprint density at radius 1 is 0.960 bits per heavy atom. The van der Waals surface area contributed by atoms with Gasteiger partial charge in [0.2, 0.25) is 0 Å². The Labute approximate surface area is 148 Å². The van der Waals surface area contributed by atoms with Crippen molar-refractivity contribution in [1.29, 1.82) is 0 Å². The molecular weight excluding hydrogens is 332 g/mol. The molecule has 122 valence electrons. The van der Waals surface area contributed by atoms with Crippen LogP contribution in [0.25, 0.3) is 10.9 Å². The number of rotatable bonds is 4. The van der Waals surface area contributed by atoms with E-state index in [0.717, 1.165) is 21.7 Å². The summed E-state index contributed by atoms with van der Waals surface area (Å²) in [6, 6.07) is 16.9. The highest BCUT2D eigenvalue weighted by Crippen LogP contribution is 2.23. The summed E-state index contributed by atoms with van der Waals surface area (Å²) in [6.07, 6.45) is 3.45. The molecule has 2 N–H and O–H groups in total. The van der Waals surface area contributed by atoms with Gasteiger partial charge in [-0.25, -0.2) is 4.98 Å². The van der Waals surface area contributed by atoms with Crippen LogP contribution in [-0.4, -0.2) is 15.9 Å². The summed E-state index contributed by atoms with van der Waals surface area (Å²) in [5, 5.41) is 9.80. The van der Waals surface area contributed by atoms with Crippen LogP contribution in [-0.2, 0) is 0 Å². The average molecular weight is 346 g/mol. The van der Waals surface area contributed by atoms with Gasteiger partial charge in [-0.1, -0.05) is 24.3 Å². The van der Waals surface area contributed by atoms with Gasteiger partial charge in [-0.3, -0.25) is 9.78 Å². The van der Waals surface area contributed by atoms with Crippen molar-refractivity contribution in [2.75, 3.05) is 10.6 Å². The van der Waals surface area contributed by atoms with Crippen LogP contribution in [0, 0.1) is 0 Å². The lowest BCUT2D eigenvalue weighted by molar-refractivity contribution is 0.102. The second-order valence-electron chi connectivity index (χ2n) is 5.38. The van der Waals surface area contributed by atoms with Crippen LogP contribution in [0.5, 0.6) is 0 Å². The summed E-state index contributed by atoms with van der Waals surface area (Å²) in [5.74, 6) is -0.180. The summed E-state index contributed by atoms with van der Waals surface area (Å²) < 4.78 is 0. The van der Waals surface area contributed by atoms with Crippen molar-refractivity contribution in [2.24, 2.45) is 0 Å². The third-order valence-corrected chi connectivity index (χ3v) is 4.38. The molecule has 0 spiro atoms. The normalized spacial score (nSPS) is 10.6. The highest BCUT2D eigenvalue weighted by molar-refractivity contribution is 7.13. The Hall–Kier alpha value is -3.25. The molecule has 2 aromatic heterocycles. The van der Waals surface area contributed by atoms with Crippen molar-refractivity contribution in [3.63, 3.8) is 0 Å². The van der Waals surface area contributed by atoms with Crippen LogP contribution >= 0.6 is 11.3 Å². The fourth-order valence-electron chi connectivity index (χ4n) is 2.55. The molecule has 0 aliphatic heterocycles. The van der Waals surface area contributed by atoms with E-state index in [1.165, 1.54) is 11.3 Å². The van der Waals surface area contributed by atoms with Gasteiger partial charge in [0.25, 0.3) is 5.91 Å². The molecule has 2 aromatic carbocycles. The van der Waals surface area contributed by atoms with Gasteiger partial charge < -0.3 is 10.6 Å². The van der Waals surface area contributed by atoms with Crippen molar-refractivity contribution >= 4 is 44.7 Å². The van der Waals surface area contributed by atoms with Gasteiger partial charge in [-0.2, -0.15) is 0 Å². The van der Waals surface area contributed by atoms with Gasteiger partial charge in [-0.05, 0) is 30.3 Å². The lowest BCUT2D eigenvalue weighted by Crippen LogP contribution is -2.12. The Bertz CT molecular complexity index is 1030. The maximum absolute atomic E-state index is 12.6. The predicted molar refractivity (Wildman–Crippen MR) is 102 cm³/mol. The average Bonchev–Trinajstić information content (AvgIpc) is 3.15. The first-order valence-corrected chi connectivity index (χ1v) is 8.59. The fraction of sp³-hybridized carbons (Fsp3) is 0. The van der Waals surface area contributed by atoms with E-state index in [1.54, 1.807) is 24.5 Å². The lowest BCUT2D eigenvalue weighted by Gasteiger charge is -2.09. The van der Waals surface area contributed by atoms with Crippen LogP contribution < -0.4 is 10.6 Å². The quantitative estimate of drug-likeness (QED) is 0.563. The molecule has 0 atom stereocenters. The summed E-state index contributed by atoms with van der Waals surface area (Å²) in [4.78, 5) is 21.2. The highest BCUT2D eigenvalue weighted by atomic mass is 32.1. The number of thiazole rings is 1. The first-order chi connectivity index (χ1) is 12.3. The summed E-state index contributed by atoms with van der Waals surface area (Å²) in [5.41, 5.74) is 2.85. The van der Waals surface area contributed by atoms with Gasteiger partial charge in [-0.15, -0.1) is 11.3 Å². The summed E-state index contributed by atoms with van der Waals surface area (Å²) >= 11 is 1.51. The summed E-state index contributed by atoms with van der Waals surface area (Å²) in [7, 11) is 0. The van der Waals surface area contributed by atoms with Gasteiger partial charge in [0.05, 0.1) is 11.2 Å². The number of benzene rings is 2. The topological polar surface area (TPSA) is 66.9 Å². The molecule has 0 bridgehead atoms. The zero-order valence-corrected chi connectivity index (χ0v) is 14.0. The number of pyridine rings is 1. The Morgan fingerprint density at radius 2 is 1.84 bits per heavy atom. The standard InChI is InChI=1S/C19H14N4OS/c24-18(23-16-8-2-4-13-6-3-9-20-17(13)16)14-5-1-7-15(12-14)22-19-21-10-11-25-19/h1-12H,(H,21,22)(H,23,24). The van der Waals surface area contributed by atoms with E-state index in [9.17, 15) is 4.79 Å². The molecule has 0 saturated heterocycles. The molecule has 1 amide bonds. The minimum atomic E-state index is -0.180. The number of fused-ring (bicyclic) bond motifs is 1. The molecule has 0 radical (unpaired) electrons. The van der Waals surface area contributed by atoms with Crippen molar-refractivity contribution in [2.45, 2.75) is 0 Å². The molecule has 0 aliphatic carbocycles. The van der Waals surface area contributed by atoms with E-state index >= 15 is 0 Å². The third kappa shape index (κ3) is 3.34. The molecule has 4 rings (SSSR count). The number of amides is 1. The zero-order chi connectivity index (χ0) is 17.1. The number of hydrogen-bond acceptors (Lipinski definition) is 5. The largest absolute Gasteiger partial charge is 0.332 e. The Balaban J connectivity index is 1.58. The molecule has 25 heavy (non-hydrogen) atoms. The Morgan fingerprint density at radius 3 is 2.72 bits per heavy atom. The van der Waals surface area contributed by atoms with Crippen LogP contribution in [0.2, 0.25) is 0 Å². The van der Waals surface area contributed by atoms with Crippen LogP contribution in [0.4, 0.5) is 16.5 Å². The first-order valence-electron chi connectivity index (χ1n) is 7.71. The van der Waals surface area contributed by atoms with E-state index in [2.05, 4.69) is 20.6 Å². The number of aromatic nitrogens is 2. The zero-order valence-electron chi connectivity index (χ0n) is 13.1. The number of para-hydroxylation sites is 1. The van der Waals surface area contributed by atoms with E-state index in [4.69, 9.17) is 0 Å². The summed E-state index contributed by atoms with van der Waals surface area (Å²) in [6.45, 7) is 0. The fourth-order valence-corrected chi connectivity index (χ4v) is 3.10. The minimum Gasteiger partial charge on any atom is -0.332 e. The number of hydrogen-bond donors (Lipinski definition) is 2. The number of carbonyl (C=O) groups is 1. The van der Waals surface area contributed by atoms with E-state index in [1.807, 2.05) is 47.8 Å². The van der Waals surface area contributed by atoms with Crippen molar-refractivity contribution < 1.29 is 4.79 Å². The minimum absolute atomic E-state index is 0.180. The van der Waals surface area contributed by atoms with Crippen LogP contribution in [0.1, 0.15) is 10.4 Å². The van der Waals surface area contributed by atoms with Crippen molar-refractivity contribution in [1.82, 2.24) is 9.97 Å². The highest BCUT2D eigenvalue weighted by Gasteiger charge is 2.10. The van der Waals surface area contributed by atoms with E-state index < -0.39 is 0 Å². The van der Waals surface area contributed by atoms with Gasteiger partial charge in [0.15, 0.2) is 5.13 Å². The molecule has 0 fully saturated rings. The van der Waals surface area contributed by atoms with E-state index in [-0.39, 0.29) is 5.91 Å². The maximum atomic E-state index is 12.6. The molecule has 4 aromatic rings. The molecule has 0 unspecified atom stereocenters. The molecule has 2 heterocycles. The predicted octanol–water partition coefficient (Wildman–Crippen LogP) is 4.69. The van der Waals surface area contributed by atoms with Crippen LogP contribution in [0.3, 0.4) is 0 Å². The maximum Gasteiger partial charge on any atom is 0.255 e. The molecule has 5 nitrogen and oxygen atoms in total. The second kappa shape index (κ2) is 6.70. The SMILES string of the molecule is O=C(Nc1cccc2cccnc12)c1cccc(Nc2nccs2)c1. The number of nitrogens with one attached hydrogen (secondary N) is 2. The molecule has 0 aliphatic rings. The van der Waals surface area contributed by atoms with Crippen molar-refractivity contribution in [3.05, 3.63) is 77.9 Å². The monoisotopic (exact) mass is 346 g/mol. The smallest absolute Gasteiger partial charge is 0.255 e. The first kappa shape index (κ1) is 15.3. The van der Waals surface area contributed by atoms with Crippen molar-refractivity contribution in [3.8, 4) is 0 Å². The molecular formula is C19H14N4OS. The number of carbonyl (C=O) groups excluding carboxylic acids is 1. The van der Waals surface area contributed by atoms with Gasteiger partial charge in [0, 0.05) is 34.4 Å². The molecule has 6 heteroatoms. The third-order valence-electron chi connectivity index (χ3n) is 3.69. The number of anilines is 3. The van der Waals surface area contributed by atoms with E-state index in [0.29, 0.717) is 11.3 Å². The molecule has 0 saturated carbocycles. The van der Waals surface area contributed by atoms with Crippen LogP contribution in [0.15, 0.2) is 72.4 Å². The van der Waals surface area contributed by atoms with Gasteiger partial charge in [0.1, 0.15) is 0 Å².